The number of hydrogen-bond donors (Lipinski definition) is 0. The Morgan fingerprint density at radius 1 is 1.03 bits per heavy atom. The van der Waals surface area contributed by atoms with Crippen LogP contribution in [0.5, 0.6) is 0 Å². The molecule has 1 saturated heterocycles. The Labute approximate surface area is 183 Å². The fraction of sp³-hybridized carbons (Fsp3) is 0.318. The van der Waals surface area contributed by atoms with Gasteiger partial charge in [0, 0.05) is 37.5 Å². The lowest BCUT2D eigenvalue weighted by molar-refractivity contribution is -0.134. The Morgan fingerprint density at radius 3 is 2.52 bits per heavy atom. The molecule has 0 bridgehead atoms. The third kappa shape index (κ3) is 4.06. The molecule has 0 N–H and O–H groups in total. The van der Waals surface area contributed by atoms with E-state index in [0.717, 1.165) is 10.6 Å². The van der Waals surface area contributed by atoms with Crippen LogP contribution in [-0.2, 0) is 4.79 Å². The van der Waals surface area contributed by atoms with Crippen molar-refractivity contribution in [2.45, 2.75) is 12.5 Å². The summed E-state index contributed by atoms with van der Waals surface area (Å²) in [7, 11) is 0. The number of thiophene rings is 1. The van der Waals surface area contributed by atoms with Gasteiger partial charge < -0.3 is 13.7 Å². The van der Waals surface area contributed by atoms with Gasteiger partial charge in [-0.05, 0) is 35.7 Å². The second-order valence-electron chi connectivity index (χ2n) is 7.54. The predicted octanol–water partition coefficient (Wildman–Crippen LogP) is 3.07. The molecule has 0 aromatic carbocycles. The van der Waals surface area contributed by atoms with Crippen LogP contribution >= 0.6 is 11.3 Å². The highest BCUT2D eigenvalue weighted by Gasteiger charge is 2.35. The summed E-state index contributed by atoms with van der Waals surface area (Å²) < 4.78 is 10.7. The maximum Gasteiger partial charge on any atom is 0.289 e. The van der Waals surface area contributed by atoms with E-state index < -0.39 is 0 Å². The summed E-state index contributed by atoms with van der Waals surface area (Å²) in [4.78, 5) is 30.6. The summed E-state index contributed by atoms with van der Waals surface area (Å²) in [6, 6.07) is 11.0. The van der Waals surface area contributed by atoms with Gasteiger partial charge in [0.05, 0.1) is 25.1 Å². The maximum absolute atomic E-state index is 13.2. The molecule has 31 heavy (non-hydrogen) atoms. The molecular weight excluding hydrogens is 416 g/mol. The number of furan rings is 2. The van der Waals surface area contributed by atoms with Crippen molar-refractivity contribution in [2.24, 2.45) is 5.10 Å². The van der Waals surface area contributed by atoms with E-state index in [1.165, 1.54) is 6.26 Å². The quantitative estimate of drug-likeness (QED) is 0.611. The van der Waals surface area contributed by atoms with E-state index in [1.807, 2.05) is 29.6 Å². The first-order valence-electron chi connectivity index (χ1n) is 10.2. The van der Waals surface area contributed by atoms with Crippen LogP contribution in [-0.4, -0.2) is 65.1 Å². The molecular formula is C22H22N4O4S. The molecule has 5 heterocycles. The number of piperazine rings is 1. The van der Waals surface area contributed by atoms with Crippen molar-refractivity contribution >= 4 is 28.9 Å². The second kappa shape index (κ2) is 8.52. The molecule has 5 rings (SSSR count). The van der Waals surface area contributed by atoms with Gasteiger partial charge in [0.2, 0.25) is 0 Å². The van der Waals surface area contributed by atoms with Crippen molar-refractivity contribution in [3.63, 3.8) is 0 Å². The summed E-state index contributed by atoms with van der Waals surface area (Å²) in [5.74, 6) is 0.883. The van der Waals surface area contributed by atoms with E-state index in [-0.39, 0.29) is 24.4 Å². The number of nitrogens with zero attached hydrogens (tertiary/aromatic N) is 4. The van der Waals surface area contributed by atoms with Crippen LogP contribution in [0, 0.1) is 0 Å². The van der Waals surface area contributed by atoms with Crippen molar-refractivity contribution in [1.82, 2.24) is 14.8 Å². The smallest absolute Gasteiger partial charge is 0.289 e. The van der Waals surface area contributed by atoms with Crippen LogP contribution in [0.2, 0.25) is 0 Å². The largest absolute Gasteiger partial charge is 0.463 e. The minimum atomic E-state index is -0.116. The molecule has 0 radical (unpaired) electrons. The van der Waals surface area contributed by atoms with Gasteiger partial charge in [0.1, 0.15) is 11.5 Å². The Balaban J connectivity index is 1.24. The van der Waals surface area contributed by atoms with Gasteiger partial charge in [0.25, 0.3) is 11.8 Å². The molecule has 0 unspecified atom stereocenters. The Kier molecular flexibility index (Phi) is 5.44. The topological polar surface area (TPSA) is 82.5 Å². The zero-order chi connectivity index (χ0) is 21.2. The molecule has 3 aromatic rings. The predicted molar refractivity (Wildman–Crippen MR) is 115 cm³/mol. The molecule has 2 aliphatic rings. The van der Waals surface area contributed by atoms with E-state index in [1.54, 1.807) is 39.6 Å². The van der Waals surface area contributed by atoms with Crippen LogP contribution in [0.25, 0.3) is 0 Å². The highest BCUT2D eigenvalue weighted by Crippen LogP contribution is 2.35. The number of hydrazone groups is 1. The van der Waals surface area contributed by atoms with E-state index in [4.69, 9.17) is 8.83 Å². The van der Waals surface area contributed by atoms with Crippen LogP contribution in [0.4, 0.5) is 0 Å². The third-order valence-corrected chi connectivity index (χ3v) is 6.57. The number of hydrogen-bond acceptors (Lipinski definition) is 7. The number of carbonyl (C=O) groups is 2. The summed E-state index contributed by atoms with van der Waals surface area (Å²) in [6.45, 7) is 2.64. The average Bonchev–Trinajstić information content (AvgIpc) is 3.58. The minimum Gasteiger partial charge on any atom is -0.463 e. The van der Waals surface area contributed by atoms with Crippen LogP contribution in [0.3, 0.4) is 0 Å². The first-order valence-corrected chi connectivity index (χ1v) is 11.1. The van der Waals surface area contributed by atoms with Crippen LogP contribution in [0.15, 0.2) is 68.2 Å². The molecule has 1 atom stereocenters. The van der Waals surface area contributed by atoms with Crippen LogP contribution < -0.4 is 0 Å². The second-order valence-corrected chi connectivity index (χ2v) is 8.52. The zero-order valence-electron chi connectivity index (χ0n) is 16.8. The first kappa shape index (κ1) is 19.8. The third-order valence-electron chi connectivity index (χ3n) is 5.59. The lowest BCUT2D eigenvalue weighted by Gasteiger charge is -2.34. The van der Waals surface area contributed by atoms with Crippen molar-refractivity contribution < 1.29 is 18.4 Å². The highest BCUT2D eigenvalue weighted by molar-refractivity contribution is 7.10. The Morgan fingerprint density at radius 2 is 1.84 bits per heavy atom. The molecule has 0 spiro atoms. The van der Waals surface area contributed by atoms with Crippen molar-refractivity contribution in [3.05, 3.63) is 70.7 Å². The van der Waals surface area contributed by atoms with Crippen LogP contribution in [0.1, 0.15) is 33.7 Å². The molecule has 9 heteroatoms. The first-order chi connectivity index (χ1) is 15.2. The summed E-state index contributed by atoms with van der Waals surface area (Å²) in [6.07, 6.45) is 3.75. The summed E-state index contributed by atoms with van der Waals surface area (Å²) in [5.41, 5.74) is 0.783. The van der Waals surface area contributed by atoms with E-state index in [9.17, 15) is 9.59 Å². The van der Waals surface area contributed by atoms with Gasteiger partial charge in [-0.25, -0.2) is 5.01 Å². The normalized spacial score (nSPS) is 19.6. The maximum atomic E-state index is 13.2. The molecule has 1 fully saturated rings. The van der Waals surface area contributed by atoms with Crippen molar-refractivity contribution in [2.75, 3.05) is 32.7 Å². The molecule has 160 valence electrons. The number of amides is 2. The number of rotatable bonds is 5. The summed E-state index contributed by atoms with van der Waals surface area (Å²) >= 11 is 1.62. The Bertz CT molecular complexity index is 1050. The molecule has 0 saturated carbocycles. The van der Waals surface area contributed by atoms with Crippen molar-refractivity contribution in [1.29, 1.82) is 0 Å². The minimum absolute atomic E-state index is 0.0502. The van der Waals surface area contributed by atoms with Gasteiger partial charge in [0.15, 0.2) is 5.76 Å². The van der Waals surface area contributed by atoms with E-state index in [0.29, 0.717) is 44.1 Å². The van der Waals surface area contributed by atoms with Crippen molar-refractivity contribution in [3.8, 4) is 0 Å². The van der Waals surface area contributed by atoms with Gasteiger partial charge in [-0.15, -0.1) is 11.3 Å². The van der Waals surface area contributed by atoms with E-state index in [2.05, 4.69) is 10.0 Å². The molecule has 2 amide bonds. The average molecular weight is 439 g/mol. The fourth-order valence-electron chi connectivity index (χ4n) is 3.96. The zero-order valence-corrected chi connectivity index (χ0v) is 17.7. The molecule has 0 aliphatic carbocycles. The SMILES string of the molecule is O=C(c1ccco1)N1CCN(CC(=O)N2N=C(c3ccco3)C[C@H]2c2cccs2)CC1. The fourth-order valence-corrected chi connectivity index (χ4v) is 4.77. The lowest BCUT2D eigenvalue weighted by Crippen LogP contribution is -2.51. The lowest BCUT2D eigenvalue weighted by atomic mass is 10.1. The number of carbonyl (C=O) groups excluding carboxylic acids is 2. The standard InChI is InChI=1S/C22H22N4O4S/c27-21(15-24-7-9-25(10-8-24)22(28)19-5-2-12-30-19)26-17(20-6-3-13-31-20)14-16(23-26)18-4-1-11-29-18/h1-6,11-13,17H,7-10,14-15H2/t17-/m0/s1. The molecule has 8 nitrogen and oxygen atoms in total. The van der Waals surface area contributed by atoms with E-state index >= 15 is 0 Å². The van der Waals surface area contributed by atoms with Gasteiger partial charge in [-0.1, -0.05) is 6.07 Å². The molecule has 3 aromatic heterocycles. The van der Waals surface area contributed by atoms with Gasteiger partial charge in [-0.2, -0.15) is 5.10 Å². The molecule has 2 aliphatic heterocycles. The summed E-state index contributed by atoms with van der Waals surface area (Å²) in [5, 5.41) is 8.23. The Hall–Kier alpha value is -3.17. The monoisotopic (exact) mass is 438 g/mol. The van der Waals surface area contributed by atoms with Gasteiger partial charge >= 0.3 is 0 Å². The highest BCUT2D eigenvalue weighted by atomic mass is 32.1. The van der Waals surface area contributed by atoms with Gasteiger partial charge in [-0.3, -0.25) is 14.5 Å².